The van der Waals surface area contributed by atoms with Gasteiger partial charge in [-0.25, -0.2) is 0 Å². The Bertz CT molecular complexity index is 455. The first-order chi connectivity index (χ1) is 9.45. The average molecular weight is 298 g/mol. The molecule has 0 aliphatic heterocycles. The van der Waals surface area contributed by atoms with Crippen molar-refractivity contribution in [2.45, 2.75) is 70.8 Å². The van der Waals surface area contributed by atoms with Crippen molar-refractivity contribution >= 4 is 11.6 Å². The zero-order valence-electron chi connectivity index (χ0n) is 13.1. The molecular weight excluding hydrogens is 270 g/mol. The molecule has 0 bridgehead atoms. The quantitative estimate of drug-likeness (QED) is 0.854. The molecule has 1 heterocycles. The number of rotatable bonds is 4. The highest BCUT2D eigenvalue weighted by atomic mass is 35.5. The molecule has 2 N–H and O–H groups in total. The molecule has 1 aliphatic carbocycles. The standard InChI is InChI=1S/C16H28ClN3/c1-4-6-13-7-5-9-16(18,10-8-13)11-14-12(2)19-20(3)15(14)17/h13H,4-11,18H2,1-3H3. The molecule has 0 spiro atoms. The molecule has 0 saturated heterocycles. The molecule has 2 unspecified atom stereocenters. The third-order valence-electron chi connectivity index (χ3n) is 4.83. The zero-order chi connectivity index (χ0) is 14.8. The van der Waals surface area contributed by atoms with Gasteiger partial charge in [-0.15, -0.1) is 0 Å². The minimum atomic E-state index is -0.0973. The fraction of sp³-hybridized carbons (Fsp3) is 0.812. The van der Waals surface area contributed by atoms with Crippen molar-refractivity contribution in [3.05, 3.63) is 16.4 Å². The SMILES string of the molecule is CCCC1CCCC(N)(Cc2c(C)nn(C)c2Cl)CC1. The minimum absolute atomic E-state index is 0.0973. The Morgan fingerprint density at radius 2 is 2.15 bits per heavy atom. The van der Waals surface area contributed by atoms with Crippen LogP contribution >= 0.6 is 11.6 Å². The molecule has 0 aromatic carbocycles. The lowest BCUT2D eigenvalue weighted by Gasteiger charge is -2.28. The van der Waals surface area contributed by atoms with E-state index in [0.29, 0.717) is 0 Å². The third-order valence-corrected chi connectivity index (χ3v) is 5.31. The van der Waals surface area contributed by atoms with Crippen LogP contribution in [-0.4, -0.2) is 15.3 Å². The second-order valence-corrected chi connectivity index (χ2v) is 6.96. The summed E-state index contributed by atoms with van der Waals surface area (Å²) in [5, 5.41) is 5.16. The second-order valence-electron chi connectivity index (χ2n) is 6.60. The highest BCUT2D eigenvalue weighted by Gasteiger charge is 2.31. The fourth-order valence-corrected chi connectivity index (χ4v) is 3.85. The third kappa shape index (κ3) is 3.56. The molecule has 1 aromatic heterocycles. The molecule has 114 valence electrons. The van der Waals surface area contributed by atoms with Crippen LogP contribution in [0.4, 0.5) is 0 Å². The molecule has 2 atom stereocenters. The van der Waals surface area contributed by atoms with Gasteiger partial charge in [0.2, 0.25) is 0 Å². The molecule has 20 heavy (non-hydrogen) atoms. The maximum Gasteiger partial charge on any atom is 0.130 e. The number of hydrogen-bond acceptors (Lipinski definition) is 2. The Morgan fingerprint density at radius 1 is 1.40 bits per heavy atom. The summed E-state index contributed by atoms with van der Waals surface area (Å²) in [7, 11) is 1.90. The lowest BCUT2D eigenvalue weighted by atomic mass is 9.84. The highest BCUT2D eigenvalue weighted by molar-refractivity contribution is 6.30. The van der Waals surface area contributed by atoms with Crippen molar-refractivity contribution in [1.82, 2.24) is 9.78 Å². The maximum absolute atomic E-state index is 6.70. The van der Waals surface area contributed by atoms with E-state index in [1.54, 1.807) is 4.68 Å². The van der Waals surface area contributed by atoms with Crippen molar-refractivity contribution in [3.8, 4) is 0 Å². The summed E-state index contributed by atoms with van der Waals surface area (Å²) in [4.78, 5) is 0. The number of nitrogens with zero attached hydrogens (tertiary/aromatic N) is 2. The predicted octanol–water partition coefficient (Wildman–Crippen LogP) is 4.00. The van der Waals surface area contributed by atoms with Crippen molar-refractivity contribution in [3.63, 3.8) is 0 Å². The van der Waals surface area contributed by atoms with Crippen LogP contribution in [0, 0.1) is 12.8 Å². The van der Waals surface area contributed by atoms with E-state index in [1.807, 2.05) is 14.0 Å². The van der Waals surface area contributed by atoms with Crippen molar-refractivity contribution < 1.29 is 0 Å². The predicted molar refractivity (Wildman–Crippen MR) is 85.1 cm³/mol. The monoisotopic (exact) mass is 297 g/mol. The Labute approximate surface area is 127 Å². The van der Waals surface area contributed by atoms with Gasteiger partial charge in [-0.3, -0.25) is 4.68 Å². The number of hydrogen-bond donors (Lipinski definition) is 1. The lowest BCUT2D eigenvalue weighted by Crippen LogP contribution is -2.41. The Kier molecular flexibility index (Phi) is 5.14. The highest BCUT2D eigenvalue weighted by Crippen LogP contribution is 2.35. The summed E-state index contributed by atoms with van der Waals surface area (Å²) in [5.41, 5.74) is 8.77. The van der Waals surface area contributed by atoms with Crippen molar-refractivity contribution in [2.75, 3.05) is 0 Å². The Morgan fingerprint density at radius 3 is 2.75 bits per heavy atom. The molecule has 1 aromatic rings. The van der Waals surface area contributed by atoms with Gasteiger partial charge in [0.25, 0.3) is 0 Å². The van der Waals surface area contributed by atoms with E-state index >= 15 is 0 Å². The van der Waals surface area contributed by atoms with E-state index in [9.17, 15) is 0 Å². The molecule has 0 radical (unpaired) electrons. The number of aromatic nitrogens is 2. The van der Waals surface area contributed by atoms with Crippen LogP contribution in [0.5, 0.6) is 0 Å². The van der Waals surface area contributed by atoms with Gasteiger partial charge in [0.05, 0.1) is 5.69 Å². The van der Waals surface area contributed by atoms with Crippen LogP contribution in [0.15, 0.2) is 0 Å². The van der Waals surface area contributed by atoms with E-state index in [2.05, 4.69) is 12.0 Å². The normalized spacial score (nSPS) is 27.6. The van der Waals surface area contributed by atoms with Gasteiger partial charge >= 0.3 is 0 Å². The molecule has 1 fully saturated rings. The van der Waals surface area contributed by atoms with Crippen LogP contribution in [-0.2, 0) is 13.5 Å². The van der Waals surface area contributed by atoms with E-state index in [-0.39, 0.29) is 5.54 Å². The Balaban J connectivity index is 2.07. The first kappa shape index (κ1) is 15.8. The molecule has 4 heteroatoms. The fourth-order valence-electron chi connectivity index (χ4n) is 3.60. The number of halogens is 1. The van der Waals surface area contributed by atoms with Crippen LogP contribution < -0.4 is 5.73 Å². The second kappa shape index (κ2) is 6.48. The zero-order valence-corrected chi connectivity index (χ0v) is 13.8. The number of nitrogens with two attached hydrogens (primary N) is 1. The largest absolute Gasteiger partial charge is 0.325 e. The van der Waals surface area contributed by atoms with Gasteiger partial charge in [0.1, 0.15) is 5.15 Å². The summed E-state index contributed by atoms with van der Waals surface area (Å²) in [5.74, 6) is 0.871. The summed E-state index contributed by atoms with van der Waals surface area (Å²) in [6, 6.07) is 0. The first-order valence-electron chi connectivity index (χ1n) is 7.92. The molecular formula is C16H28ClN3. The summed E-state index contributed by atoms with van der Waals surface area (Å²) in [6.45, 7) is 4.31. The Hall–Kier alpha value is -0.540. The van der Waals surface area contributed by atoms with E-state index < -0.39 is 0 Å². The maximum atomic E-state index is 6.70. The van der Waals surface area contributed by atoms with Crippen LogP contribution in [0.1, 0.15) is 63.1 Å². The van der Waals surface area contributed by atoms with E-state index in [1.165, 1.54) is 32.1 Å². The molecule has 0 amide bonds. The minimum Gasteiger partial charge on any atom is -0.325 e. The van der Waals surface area contributed by atoms with Gasteiger partial charge < -0.3 is 5.73 Å². The van der Waals surface area contributed by atoms with Gasteiger partial charge in [0, 0.05) is 18.2 Å². The van der Waals surface area contributed by atoms with Crippen LogP contribution in [0.25, 0.3) is 0 Å². The van der Waals surface area contributed by atoms with Crippen molar-refractivity contribution in [1.29, 1.82) is 0 Å². The van der Waals surface area contributed by atoms with Crippen molar-refractivity contribution in [2.24, 2.45) is 18.7 Å². The van der Waals surface area contributed by atoms with E-state index in [4.69, 9.17) is 17.3 Å². The van der Waals surface area contributed by atoms with E-state index in [0.717, 1.165) is 41.6 Å². The summed E-state index contributed by atoms with van der Waals surface area (Å²) < 4.78 is 1.76. The summed E-state index contributed by atoms with van der Waals surface area (Å²) in [6.07, 6.45) is 9.58. The van der Waals surface area contributed by atoms with Crippen LogP contribution in [0.3, 0.4) is 0 Å². The molecule has 1 aliphatic rings. The van der Waals surface area contributed by atoms with Gasteiger partial charge in [0.15, 0.2) is 0 Å². The number of aryl methyl sites for hydroxylation is 2. The molecule has 1 saturated carbocycles. The van der Waals surface area contributed by atoms with Gasteiger partial charge in [-0.05, 0) is 38.5 Å². The smallest absolute Gasteiger partial charge is 0.130 e. The lowest BCUT2D eigenvalue weighted by molar-refractivity contribution is 0.354. The van der Waals surface area contributed by atoms with Gasteiger partial charge in [-0.1, -0.05) is 44.2 Å². The average Bonchev–Trinajstić information content (AvgIpc) is 2.56. The topological polar surface area (TPSA) is 43.8 Å². The molecule has 2 rings (SSSR count). The molecule has 3 nitrogen and oxygen atoms in total. The first-order valence-corrected chi connectivity index (χ1v) is 8.30. The van der Waals surface area contributed by atoms with Gasteiger partial charge in [-0.2, -0.15) is 5.10 Å². The summed E-state index contributed by atoms with van der Waals surface area (Å²) >= 11 is 6.36. The van der Waals surface area contributed by atoms with Crippen LogP contribution in [0.2, 0.25) is 5.15 Å².